The van der Waals surface area contributed by atoms with Crippen LogP contribution in [0.4, 0.5) is 5.69 Å². The van der Waals surface area contributed by atoms with Gasteiger partial charge in [0.05, 0.1) is 18.0 Å². The maximum Gasteiger partial charge on any atom is 0.243 e. The van der Waals surface area contributed by atoms with Gasteiger partial charge in [0.2, 0.25) is 11.8 Å². The Morgan fingerprint density at radius 2 is 1.78 bits per heavy atom. The zero-order valence-corrected chi connectivity index (χ0v) is 16.0. The van der Waals surface area contributed by atoms with E-state index in [4.69, 9.17) is 21.1 Å². The number of carbonyl (C=O) groups excluding carboxylic acids is 2. The first-order valence-electron chi connectivity index (χ1n) is 8.65. The summed E-state index contributed by atoms with van der Waals surface area (Å²) >= 11 is 6.18. The van der Waals surface area contributed by atoms with Gasteiger partial charge in [-0.2, -0.15) is 0 Å². The minimum atomic E-state index is -0.278. The lowest BCUT2D eigenvalue weighted by Gasteiger charge is -2.20. The highest BCUT2D eigenvalue weighted by Gasteiger charge is 2.18. The molecule has 0 saturated heterocycles. The fourth-order valence-corrected chi connectivity index (χ4v) is 3.18. The van der Waals surface area contributed by atoms with Crippen molar-refractivity contribution in [2.75, 3.05) is 25.1 Å². The van der Waals surface area contributed by atoms with Gasteiger partial charge in [0.1, 0.15) is 13.2 Å². The van der Waals surface area contributed by atoms with Gasteiger partial charge in [-0.1, -0.05) is 29.8 Å². The molecular weight excluding hydrogens is 368 g/mol. The summed E-state index contributed by atoms with van der Waals surface area (Å²) in [6.07, 6.45) is 0.0903. The monoisotopic (exact) mass is 388 g/mol. The normalized spacial score (nSPS) is 12.4. The van der Waals surface area contributed by atoms with Crippen molar-refractivity contribution in [3.63, 3.8) is 0 Å². The van der Waals surface area contributed by atoms with Crippen molar-refractivity contribution in [3.8, 4) is 11.5 Å². The molecule has 2 amide bonds. The minimum absolute atomic E-state index is 0.0903. The van der Waals surface area contributed by atoms with Crippen LogP contribution in [-0.2, 0) is 16.0 Å². The Labute approximate surface area is 162 Å². The average molecular weight is 389 g/mol. The Hall–Kier alpha value is -2.73. The fraction of sp³-hybridized carbons (Fsp3) is 0.300. The number of amides is 2. The van der Waals surface area contributed by atoms with Gasteiger partial charge in [0.25, 0.3) is 0 Å². The summed E-state index contributed by atoms with van der Waals surface area (Å²) in [5.41, 5.74) is 3.41. The molecule has 27 heavy (non-hydrogen) atoms. The highest BCUT2D eigenvalue weighted by molar-refractivity contribution is 6.32. The Morgan fingerprint density at radius 1 is 1.07 bits per heavy atom. The number of benzene rings is 2. The zero-order valence-electron chi connectivity index (χ0n) is 15.2. The molecule has 6 nitrogen and oxygen atoms in total. The van der Waals surface area contributed by atoms with Crippen molar-refractivity contribution < 1.29 is 19.1 Å². The van der Waals surface area contributed by atoms with Crippen molar-refractivity contribution in [1.82, 2.24) is 5.32 Å². The Balaban J connectivity index is 1.55. The lowest BCUT2D eigenvalue weighted by molar-refractivity contribution is -0.123. The number of rotatable bonds is 5. The van der Waals surface area contributed by atoms with Crippen molar-refractivity contribution in [1.29, 1.82) is 0 Å². The summed E-state index contributed by atoms with van der Waals surface area (Å²) < 4.78 is 11.0. The van der Waals surface area contributed by atoms with Crippen LogP contribution < -0.4 is 20.1 Å². The number of para-hydroxylation sites is 1. The van der Waals surface area contributed by atoms with E-state index < -0.39 is 0 Å². The second kappa shape index (κ2) is 8.31. The topological polar surface area (TPSA) is 76.7 Å². The van der Waals surface area contributed by atoms with Crippen LogP contribution in [0.2, 0.25) is 5.02 Å². The molecule has 2 aromatic rings. The number of aryl methyl sites for hydroxylation is 2. The van der Waals surface area contributed by atoms with Crippen LogP contribution in [-0.4, -0.2) is 31.6 Å². The SMILES string of the molecule is Cc1cccc(C)c1NC(=O)CNC(=O)Cc1cc(Cl)c2c(c1)OCCO2. The molecule has 0 radical (unpaired) electrons. The van der Waals surface area contributed by atoms with E-state index in [0.29, 0.717) is 35.3 Å². The van der Waals surface area contributed by atoms with Crippen LogP contribution in [0.5, 0.6) is 11.5 Å². The molecule has 0 saturated carbocycles. The third kappa shape index (κ3) is 4.71. The molecule has 2 aromatic carbocycles. The van der Waals surface area contributed by atoms with Gasteiger partial charge in [0.15, 0.2) is 11.5 Å². The second-order valence-corrected chi connectivity index (χ2v) is 6.78. The third-order valence-corrected chi connectivity index (χ3v) is 4.49. The molecule has 0 fully saturated rings. The first kappa shape index (κ1) is 19.0. The molecule has 1 aliphatic heterocycles. The van der Waals surface area contributed by atoms with Crippen molar-refractivity contribution >= 4 is 29.1 Å². The van der Waals surface area contributed by atoms with E-state index in [1.165, 1.54) is 0 Å². The molecule has 3 rings (SSSR count). The summed E-state index contributed by atoms with van der Waals surface area (Å²) in [5, 5.41) is 5.87. The summed E-state index contributed by atoms with van der Waals surface area (Å²) in [4.78, 5) is 24.3. The van der Waals surface area contributed by atoms with Gasteiger partial charge in [-0.25, -0.2) is 0 Å². The number of halogens is 1. The predicted octanol–water partition coefficient (Wildman–Crippen LogP) is 3.03. The molecule has 7 heteroatoms. The van der Waals surface area contributed by atoms with Crippen LogP contribution in [0.25, 0.3) is 0 Å². The molecule has 0 aromatic heterocycles. The van der Waals surface area contributed by atoms with E-state index in [-0.39, 0.29) is 24.8 Å². The quantitative estimate of drug-likeness (QED) is 0.825. The zero-order chi connectivity index (χ0) is 19.4. The Kier molecular flexibility index (Phi) is 5.86. The minimum Gasteiger partial charge on any atom is -0.486 e. The summed E-state index contributed by atoms with van der Waals surface area (Å²) in [6, 6.07) is 9.18. The van der Waals surface area contributed by atoms with Gasteiger partial charge in [0, 0.05) is 5.69 Å². The Bertz CT molecular complexity index is 862. The number of anilines is 1. The van der Waals surface area contributed by atoms with Gasteiger partial charge >= 0.3 is 0 Å². The van der Waals surface area contributed by atoms with E-state index >= 15 is 0 Å². The van der Waals surface area contributed by atoms with E-state index in [1.807, 2.05) is 32.0 Å². The van der Waals surface area contributed by atoms with Crippen LogP contribution in [0.3, 0.4) is 0 Å². The first-order valence-corrected chi connectivity index (χ1v) is 9.02. The van der Waals surface area contributed by atoms with E-state index in [2.05, 4.69) is 10.6 Å². The molecule has 0 unspecified atom stereocenters. The number of carbonyl (C=O) groups is 2. The average Bonchev–Trinajstić information content (AvgIpc) is 2.63. The van der Waals surface area contributed by atoms with Crippen LogP contribution in [0, 0.1) is 13.8 Å². The van der Waals surface area contributed by atoms with Gasteiger partial charge in [-0.3, -0.25) is 9.59 Å². The number of fused-ring (bicyclic) bond motifs is 1. The number of hydrogen-bond donors (Lipinski definition) is 2. The lowest BCUT2D eigenvalue weighted by atomic mass is 10.1. The third-order valence-electron chi connectivity index (χ3n) is 4.21. The van der Waals surface area contributed by atoms with E-state index in [9.17, 15) is 9.59 Å². The molecule has 0 bridgehead atoms. The van der Waals surface area contributed by atoms with Crippen LogP contribution >= 0.6 is 11.6 Å². The highest BCUT2D eigenvalue weighted by Crippen LogP contribution is 2.38. The second-order valence-electron chi connectivity index (χ2n) is 6.37. The highest BCUT2D eigenvalue weighted by atomic mass is 35.5. The van der Waals surface area contributed by atoms with Crippen molar-refractivity contribution in [2.24, 2.45) is 0 Å². The van der Waals surface area contributed by atoms with E-state index in [0.717, 1.165) is 16.8 Å². The van der Waals surface area contributed by atoms with Gasteiger partial charge < -0.3 is 20.1 Å². The standard InChI is InChI=1S/C20H21ClN2O4/c1-12-4-3-5-13(2)19(12)23-18(25)11-22-17(24)10-14-8-15(21)20-16(9-14)26-6-7-27-20/h3-5,8-9H,6-7,10-11H2,1-2H3,(H,22,24)(H,23,25). The smallest absolute Gasteiger partial charge is 0.243 e. The molecule has 1 aliphatic rings. The maximum absolute atomic E-state index is 12.2. The van der Waals surface area contributed by atoms with E-state index in [1.54, 1.807) is 12.1 Å². The Morgan fingerprint density at radius 3 is 2.52 bits per heavy atom. The summed E-state index contributed by atoms with van der Waals surface area (Å²) in [5.74, 6) is 0.477. The van der Waals surface area contributed by atoms with Crippen molar-refractivity contribution in [3.05, 3.63) is 52.0 Å². The fourth-order valence-electron chi connectivity index (χ4n) is 2.89. The first-order chi connectivity index (χ1) is 12.9. The van der Waals surface area contributed by atoms with Gasteiger partial charge in [-0.05, 0) is 42.7 Å². The molecule has 0 spiro atoms. The van der Waals surface area contributed by atoms with Crippen LogP contribution in [0.1, 0.15) is 16.7 Å². The molecule has 2 N–H and O–H groups in total. The van der Waals surface area contributed by atoms with Crippen LogP contribution in [0.15, 0.2) is 30.3 Å². The molecular formula is C20H21ClN2O4. The predicted molar refractivity (Wildman–Crippen MR) is 104 cm³/mol. The molecule has 0 aliphatic carbocycles. The molecule has 0 atom stereocenters. The number of hydrogen-bond acceptors (Lipinski definition) is 4. The van der Waals surface area contributed by atoms with Crippen molar-refractivity contribution in [2.45, 2.75) is 20.3 Å². The largest absolute Gasteiger partial charge is 0.486 e. The van der Waals surface area contributed by atoms with Gasteiger partial charge in [-0.15, -0.1) is 0 Å². The lowest BCUT2D eigenvalue weighted by Crippen LogP contribution is -2.34. The summed E-state index contributed by atoms with van der Waals surface area (Å²) in [6.45, 7) is 4.63. The number of ether oxygens (including phenoxy) is 2. The molecule has 142 valence electrons. The molecule has 1 heterocycles. The maximum atomic E-state index is 12.2. The number of nitrogens with one attached hydrogen (secondary N) is 2. The summed E-state index contributed by atoms with van der Waals surface area (Å²) in [7, 11) is 0.